The molecule has 0 radical (unpaired) electrons. The number of hydrogen-bond donors (Lipinski definition) is 1. The molecule has 4 nitrogen and oxygen atoms in total. The highest BCUT2D eigenvalue weighted by atomic mass is 35.5. The van der Waals surface area contributed by atoms with E-state index in [0.717, 1.165) is 11.1 Å². The predicted molar refractivity (Wildman–Crippen MR) is 106 cm³/mol. The standard InChI is InChI=1S/C21H17ClN2O2S/c1-13-2-6-15(7-3-13)21(26)12-27-20-18(11-23)17(10-19(25)24(20)21)14-4-8-16(22)9-5-14/h2-9,17,26H,10,12H2,1H3/t17-,21-/m1/s1. The number of benzene rings is 2. The molecule has 0 saturated carbocycles. The molecule has 1 fully saturated rings. The lowest BCUT2D eigenvalue weighted by molar-refractivity contribution is -0.149. The number of carbonyl (C=O) groups excluding carboxylic acids is 1. The molecule has 2 aromatic carbocycles. The van der Waals surface area contributed by atoms with Crippen LogP contribution in [0.1, 0.15) is 29.0 Å². The van der Waals surface area contributed by atoms with Gasteiger partial charge < -0.3 is 5.11 Å². The summed E-state index contributed by atoms with van der Waals surface area (Å²) in [6, 6.07) is 17.0. The molecule has 2 atom stereocenters. The summed E-state index contributed by atoms with van der Waals surface area (Å²) in [6.45, 7) is 1.97. The average molecular weight is 397 g/mol. The van der Waals surface area contributed by atoms with Crippen LogP contribution < -0.4 is 0 Å². The minimum absolute atomic E-state index is 0.142. The number of fused-ring (bicyclic) bond motifs is 1. The zero-order valence-electron chi connectivity index (χ0n) is 14.6. The second-order valence-electron chi connectivity index (χ2n) is 6.84. The number of allylic oxidation sites excluding steroid dienone is 1. The van der Waals surface area contributed by atoms with Crippen LogP contribution in [0.25, 0.3) is 0 Å². The molecule has 1 N–H and O–H groups in total. The van der Waals surface area contributed by atoms with E-state index in [1.165, 1.54) is 16.7 Å². The third-order valence-electron chi connectivity index (χ3n) is 5.10. The molecule has 2 aliphatic heterocycles. The Balaban J connectivity index is 1.79. The lowest BCUT2D eigenvalue weighted by Gasteiger charge is -2.38. The summed E-state index contributed by atoms with van der Waals surface area (Å²) in [5.74, 6) is -0.203. The van der Waals surface area contributed by atoms with Gasteiger partial charge >= 0.3 is 0 Å². The van der Waals surface area contributed by atoms with Crippen LogP contribution in [-0.2, 0) is 10.5 Å². The predicted octanol–water partition coefficient (Wildman–Crippen LogP) is 4.29. The van der Waals surface area contributed by atoms with E-state index < -0.39 is 5.72 Å². The minimum Gasteiger partial charge on any atom is -0.366 e. The first-order valence-corrected chi connectivity index (χ1v) is 9.95. The van der Waals surface area contributed by atoms with Gasteiger partial charge in [-0.15, -0.1) is 11.8 Å². The first-order chi connectivity index (χ1) is 12.9. The van der Waals surface area contributed by atoms with Gasteiger partial charge in [0, 0.05) is 22.9 Å². The molecule has 27 heavy (non-hydrogen) atoms. The highest BCUT2D eigenvalue weighted by Crippen LogP contribution is 2.51. The molecule has 1 amide bonds. The number of carbonyl (C=O) groups is 1. The number of aliphatic hydroxyl groups is 1. The maximum absolute atomic E-state index is 13.0. The Morgan fingerprint density at radius 1 is 1.22 bits per heavy atom. The Kier molecular flexibility index (Phi) is 4.51. The number of rotatable bonds is 2. The maximum atomic E-state index is 13.0. The molecule has 6 heteroatoms. The highest BCUT2D eigenvalue weighted by Gasteiger charge is 2.51. The van der Waals surface area contributed by atoms with Crippen molar-refractivity contribution < 1.29 is 9.90 Å². The van der Waals surface area contributed by atoms with Gasteiger partial charge in [-0.25, -0.2) is 0 Å². The van der Waals surface area contributed by atoms with Crippen LogP contribution in [-0.4, -0.2) is 21.7 Å². The van der Waals surface area contributed by atoms with Gasteiger partial charge in [-0.3, -0.25) is 9.69 Å². The smallest absolute Gasteiger partial charge is 0.231 e. The van der Waals surface area contributed by atoms with Crippen LogP contribution in [0.5, 0.6) is 0 Å². The number of thioether (sulfide) groups is 1. The average Bonchev–Trinajstić information content (AvgIpc) is 3.02. The number of hydrogen-bond acceptors (Lipinski definition) is 4. The summed E-state index contributed by atoms with van der Waals surface area (Å²) in [5.41, 5.74) is 1.70. The summed E-state index contributed by atoms with van der Waals surface area (Å²) in [6.07, 6.45) is 0.142. The van der Waals surface area contributed by atoms with Crippen molar-refractivity contribution in [1.29, 1.82) is 5.26 Å². The molecule has 136 valence electrons. The van der Waals surface area contributed by atoms with Crippen LogP contribution in [0, 0.1) is 18.3 Å². The SMILES string of the molecule is Cc1ccc([C@]2(O)CSC3=C(C#N)[C@@H](c4ccc(Cl)cc4)CC(=O)N32)cc1. The van der Waals surface area contributed by atoms with Crippen LogP contribution in [0.15, 0.2) is 59.1 Å². The number of amides is 1. The largest absolute Gasteiger partial charge is 0.366 e. The number of halogens is 1. The van der Waals surface area contributed by atoms with Gasteiger partial charge in [-0.2, -0.15) is 5.26 Å². The summed E-state index contributed by atoms with van der Waals surface area (Å²) in [7, 11) is 0. The molecule has 2 aromatic rings. The second-order valence-corrected chi connectivity index (χ2v) is 8.24. The molecule has 2 heterocycles. The molecule has 0 aliphatic carbocycles. The number of nitrogens with zero attached hydrogens (tertiary/aromatic N) is 2. The third kappa shape index (κ3) is 2.94. The topological polar surface area (TPSA) is 64.3 Å². The van der Waals surface area contributed by atoms with Crippen molar-refractivity contribution in [3.8, 4) is 6.07 Å². The van der Waals surface area contributed by atoms with E-state index >= 15 is 0 Å². The summed E-state index contributed by atoms with van der Waals surface area (Å²) >= 11 is 7.32. The summed E-state index contributed by atoms with van der Waals surface area (Å²) in [5, 5.41) is 22.3. The van der Waals surface area contributed by atoms with E-state index in [4.69, 9.17) is 11.6 Å². The van der Waals surface area contributed by atoms with Crippen LogP contribution in [0.2, 0.25) is 5.02 Å². The van der Waals surface area contributed by atoms with Crippen LogP contribution in [0.3, 0.4) is 0 Å². The molecule has 1 saturated heterocycles. The fourth-order valence-corrected chi connectivity index (χ4v) is 5.12. The zero-order valence-corrected chi connectivity index (χ0v) is 16.2. The molecule has 2 aliphatic rings. The molecular formula is C21H17ClN2O2S. The first kappa shape index (κ1) is 18.1. The quantitative estimate of drug-likeness (QED) is 0.822. The van der Waals surface area contributed by atoms with Crippen LogP contribution >= 0.6 is 23.4 Å². The van der Waals surface area contributed by atoms with E-state index in [-0.39, 0.29) is 18.2 Å². The highest BCUT2D eigenvalue weighted by molar-refractivity contribution is 8.03. The Morgan fingerprint density at radius 3 is 2.52 bits per heavy atom. The van der Waals surface area contributed by atoms with Crippen molar-refractivity contribution in [2.24, 2.45) is 0 Å². The van der Waals surface area contributed by atoms with Crippen molar-refractivity contribution in [1.82, 2.24) is 4.90 Å². The monoisotopic (exact) mass is 396 g/mol. The van der Waals surface area contributed by atoms with Gasteiger partial charge in [0.25, 0.3) is 0 Å². The lowest BCUT2D eigenvalue weighted by atomic mass is 9.85. The van der Waals surface area contributed by atoms with E-state index in [0.29, 0.717) is 26.9 Å². The van der Waals surface area contributed by atoms with Crippen molar-refractivity contribution in [2.75, 3.05) is 5.75 Å². The van der Waals surface area contributed by atoms with E-state index in [2.05, 4.69) is 6.07 Å². The molecule has 0 bridgehead atoms. The normalized spacial score (nSPS) is 24.7. The maximum Gasteiger partial charge on any atom is 0.231 e. The molecular weight excluding hydrogens is 380 g/mol. The van der Waals surface area contributed by atoms with Gasteiger partial charge in [0.1, 0.15) is 0 Å². The zero-order chi connectivity index (χ0) is 19.2. The van der Waals surface area contributed by atoms with Crippen molar-refractivity contribution >= 4 is 29.3 Å². The first-order valence-electron chi connectivity index (χ1n) is 8.59. The van der Waals surface area contributed by atoms with Crippen molar-refractivity contribution in [3.63, 3.8) is 0 Å². The lowest BCUT2D eigenvalue weighted by Crippen LogP contribution is -2.48. The number of nitriles is 1. The van der Waals surface area contributed by atoms with Crippen LogP contribution in [0.4, 0.5) is 0 Å². The Labute approximate surface area is 167 Å². The molecule has 4 rings (SSSR count). The molecule has 0 unspecified atom stereocenters. The van der Waals surface area contributed by atoms with E-state index in [9.17, 15) is 15.2 Å². The van der Waals surface area contributed by atoms with E-state index in [1.54, 1.807) is 12.1 Å². The van der Waals surface area contributed by atoms with Gasteiger partial charge in [0.05, 0.1) is 22.4 Å². The fraction of sp³-hybridized carbons (Fsp3) is 0.238. The van der Waals surface area contributed by atoms with Gasteiger partial charge in [0.15, 0.2) is 5.72 Å². The third-order valence-corrected chi connectivity index (χ3v) is 6.57. The second kappa shape index (κ2) is 6.72. The Bertz CT molecular complexity index is 979. The number of aryl methyl sites for hydroxylation is 1. The molecule has 0 aromatic heterocycles. The summed E-state index contributed by atoms with van der Waals surface area (Å²) in [4.78, 5) is 14.4. The van der Waals surface area contributed by atoms with Crippen molar-refractivity contribution in [2.45, 2.75) is 25.0 Å². The van der Waals surface area contributed by atoms with Gasteiger partial charge in [-0.05, 0) is 24.6 Å². The molecule has 0 spiro atoms. The fourth-order valence-electron chi connectivity index (χ4n) is 3.64. The van der Waals surface area contributed by atoms with Crippen molar-refractivity contribution in [3.05, 3.63) is 80.8 Å². The Hall–Kier alpha value is -2.26. The van der Waals surface area contributed by atoms with E-state index in [1.807, 2.05) is 43.3 Å². The van der Waals surface area contributed by atoms with Gasteiger partial charge in [-0.1, -0.05) is 53.6 Å². The van der Waals surface area contributed by atoms with Gasteiger partial charge in [0.2, 0.25) is 5.91 Å². The minimum atomic E-state index is -1.43. The summed E-state index contributed by atoms with van der Waals surface area (Å²) < 4.78 is 0. The Morgan fingerprint density at radius 2 is 1.89 bits per heavy atom.